The van der Waals surface area contributed by atoms with Crippen LogP contribution in [-0.4, -0.2) is 24.1 Å². The minimum absolute atomic E-state index is 0.0217. The predicted molar refractivity (Wildman–Crippen MR) is 116 cm³/mol. The highest BCUT2D eigenvalue weighted by atomic mass is 32.2. The molecule has 0 fully saturated rings. The fourth-order valence-corrected chi connectivity index (χ4v) is 4.42. The number of benzene rings is 3. The van der Waals surface area contributed by atoms with Crippen LogP contribution in [0.3, 0.4) is 0 Å². The summed E-state index contributed by atoms with van der Waals surface area (Å²) >= 11 is 1.71. The number of hydrogen-bond acceptors (Lipinski definition) is 3. The molecule has 5 heteroatoms. The topological polar surface area (TPSA) is 49.4 Å². The van der Waals surface area contributed by atoms with Gasteiger partial charge in [0.05, 0.1) is 11.4 Å². The van der Waals surface area contributed by atoms with Crippen molar-refractivity contribution < 1.29 is 9.59 Å². The van der Waals surface area contributed by atoms with Gasteiger partial charge in [0.2, 0.25) is 5.91 Å². The van der Waals surface area contributed by atoms with Crippen molar-refractivity contribution in [3.8, 4) is 0 Å². The first kappa shape index (κ1) is 18.6. The van der Waals surface area contributed by atoms with Gasteiger partial charge in [-0.15, -0.1) is 11.8 Å². The standard InChI is InChI=1S/C23H22N2O2S/c1-2-28-20-13-4-3-11-18(20)24-21(26)14-7-15-25-19-12-6-9-16-8-5-10-17(22(16)19)23(25)27/h3-6,8-13H,2,7,14-15H2,1H3,(H,24,26). The number of anilines is 2. The van der Waals surface area contributed by atoms with Crippen molar-refractivity contribution >= 4 is 45.7 Å². The van der Waals surface area contributed by atoms with Gasteiger partial charge in [0, 0.05) is 28.8 Å². The first-order valence-corrected chi connectivity index (χ1v) is 10.5. The van der Waals surface area contributed by atoms with Crippen LogP contribution < -0.4 is 10.2 Å². The molecule has 4 rings (SSSR count). The van der Waals surface area contributed by atoms with Crippen LogP contribution in [0.25, 0.3) is 10.8 Å². The van der Waals surface area contributed by atoms with Crippen LogP contribution in [0.2, 0.25) is 0 Å². The zero-order valence-corrected chi connectivity index (χ0v) is 16.6. The van der Waals surface area contributed by atoms with Crippen molar-refractivity contribution in [1.29, 1.82) is 0 Å². The highest BCUT2D eigenvalue weighted by Gasteiger charge is 2.29. The first-order valence-electron chi connectivity index (χ1n) is 9.54. The number of amides is 2. The average molecular weight is 391 g/mol. The molecule has 3 aromatic carbocycles. The fourth-order valence-electron chi connectivity index (χ4n) is 3.66. The summed E-state index contributed by atoms with van der Waals surface area (Å²) in [6.07, 6.45) is 0.992. The van der Waals surface area contributed by atoms with Crippen LogP contribution >= 0.6 is 11.8 Å². The molecule has 1 aliphatic heterocycles. The van der Waals surface area contributed by atoms with Gasteiger partial charge in [-0.1, -0.05) is 43.3 Å². The maximum absolute atomic E-state index is 12.8. The third-order valence-corrected chi connectivity index (χ3v) is 5.85. The smallest absolute Gasteiger partial charge is 0.258 e. The van der Waals surface area contributed by atoms with Gasteiger partial charge in [-0.3, -0.25) is 9.59 Å². The molecular formula is C23H22N2O2S. The number of nitrogens with one attached hydrogen (secondary N) is 1. The summed E-state index contributed by atoms with van der Waals surface area (Å²) in [7, 11) is 0. The van der Waals surface area contributed by atoms with Crippen molar-refractivity contribution in [2.45, 2.75) is 24.7 Å². The Balaban J connectivity index is 1.39. The molecule has 0 radical (unpaired) electrons. The van der Waals surface area contributed by atoms with Gasteiger partial charge in [0.1, 0.15) is 0 Å². The molecule has 4 nitrogen and oxygen atoms in total. The van der Waals surface area contributed by atoms with Crippen molar-refractivity contribution in [3.63, 3.8) is 0 Å². The summed E-state index contributed by atoms with van der Waals surface area (Å²) in [5.74, 6) is 0.958. The molecule has 0 bridgehead atoms. The van der Waals surface area contributed by atoms with E-state index in [2.05, 4.69) is 12.2 Å². The summed E-state index contributed by atoms with van der Waals surface area (Å²) in [6.45, 7) is 2.63. The maximum atomic E-state index is 12.8. The van der Waals surface area contributed by atoms with Crippen LogP contribution in [0.5, 0.6) is 0 Å². The molecule has 0 spiro atoms. The minimum atomic E-state index is -0.0217. The van der Waals surface area contributed by atoms with E-state index in [0.29, 0.717) is 19.4 Å². The van der Waals surface area contributed by atoms with E-state index in [1.807, 2.05) is 60.7 Å². The maximum Gasteiger partial charge on any atom is 0.258 e. The number of nitrogens with zero attached hydrogens (tertiary/aromatic N) is 1. The largest absolute Gasteiger partial charge is 0.325 e. The van der Waals surface area contributed by atoms with Gasteiger partial charge >= 0.3 is 0 Å². The third kappa shape index (κ3) is 3.50. The first-order chi connectivity index (χ1) is 13.7. The molecule has 1 aliphatic rings. The number of carbonyl (C=O) groups is 2. The highest BCUT2D eigenvalue weighted by molar-refractivity contribution is 7.99. The fraction of sp³-hybridized carbons (Fsp3) is 0.217. The Kier molecular flexibility index (Phi) is 5.35. The van der Waals surface area contributed by atoms with Gasteiger partial charge in [-0.25, -0.2) is 0 Å². The van der Waals surface area contributed by atoms with Crippen LogP contribution in [-0.2, 0) is 4.79 Å². The zero-order valence-electron chi connectivity index (χ0n) is 15.8. The molecular weight excluding hydrogens is 368 g/mol. The SMILES string of the molecule is CCSc1ccccc1NC(=O)CCCN1C(=O)c2cccc3cccc1c23. The molecule has 2 amide bonds. The highest BCUT2D eigenvalue weighted by Crippen LogP contribution is 2.37. The number of para-hydroxylation sites is 1. The molecule has 1 heterocycles. The lowest BCUT2D eigenvalue weighted by Crippen LogP contribution is -2.28. The molecule has 28 heavy (non-hydrogen) atoms. The van der Waals surface area contributed by atoms with E-state index in [4.69, 9.17) is 0 Å². The lowest BCUT2D eigenvalue weighted by Gasteiger charge is -2.17. The summed E-state index contributed by atoms with van der Waals surface area (Å²) in [6, 6.07) is 19.7. The lowest BCUT2D eigenvalue weighted by atomic mass is 10.1. The second-order valence-electron chi connectivity index (χ2n) is 6.72. The molecule has 0 saturated heterocycles. The van der Waals surface area contributed by atoms with Crippen molar-refractivity contribution in [1.82, 2.24) is 0 Å². The molecule has 0 unspecified atom stereocenters. The number of rotatable bonds is 7. The second kappa shape index (κ2) is 8.07. The molecule has 0 aliphatic carbocycles. The Bertz CT molecular complexity index is 1040. The van der Waals surface area contributed by atoms with E-state index in [9.17, 15) is 9.59 Å². The monoisotopic (exact) mass is 390 g/mol. The van der Waals surface area contributed by atoms with E-state index in [1.165, 1.54) is 0 Å². The average Bonchev–Trinajstić information content (AvgIpc) is 2.98. The summed E-state index contributed by atoms with van der Waals surface area (Å²) < 4.78 is 0. The Morgan fingerprint density at radius 3 is 2.64 bits per heavy atom. The summed E-state index contributed by atoms with van der Waals surface area (Å²) in [5.41, 5.74) is 2.56. The summed E-state index contributed by atoms with van der Waals surface area (Å²) in [4.78, 5) is 28.1. The number of thioether (sulfide) groups is 1. The predicted octanol–water partition coefficient (Wildman–Crippen LogP) is 5.33. The molecule has 0 atom stereocenters. The second-order valence-corrected chi connectivity index (χ2v) is 8.02. The van der Waals surface area contributed by atoms with Gasteiger partial charge in [0.15, 0.2) is 0 Å². The Morgan fingerprint density at radius 1 is 1.04 bits per heavy atom. The number of carbonyl (C=O) groups excluding carboxylic acids is 2. The van der Waals surface area contributed by atoms with Crippen LogP contribution in [0, 0.1) is 0 Å². The Labute approximate surface area is 168 Å². The van der Waals surface area contributed by atoms with Gasteiger partial charge in [-0.05, 0) is 41.8 Å². The van der Waals surface area contributed by atoms with Gasteiger partial charge in [0.25, 0.3) is 5.91 Å². The molecule has 0 aromatic heterocycles. The minimum Gasteiger partial charge on any atom is -0.325 e. The van der Waals surface area contributed by atoms with E-state index in [1.54, 1.807) is 16.7 Å². The van der Waals surface area contributed by atoms with E-state index < -0.39 is 0 Å². The van der Waals surface area contributed by atoms with E-state index in [0.717, 1.165) is 38.4 Å². The van der Waals surface area contributed by atoms with Crippen LogP contribution in [0.4, 0.5) is 11.4 Å². The lowest BCUT2D eigenvalue weighted by molar-refractivity contribution is -0.116. The van der Waals surface area contributed by atoms with Crippen LogP contribution in [0.15, 0.2) is 65.6 Å². The molecule has 1 N–H and O–H groups in total. The van der Waals surface area contributed by atoms with Crippen molar-refractivity contribution in [2.24, 2.45) is 0 Å². The van der Waals surface area contributed by atoms with Gasteiger partial charge in [-0.2, -0.15) is 0 Å². The molecule has 142 valence electrons. The third-order valence-electron chi connectivity index (χ3n) is 4.90. The van der Waals surface area contributed by atoms with Crippen LogP contribution in [0.1, 0.15) is 30.1 Å². The molecule has 0 saturated carbocycles. The van der Waals surface area contributed by atoms with E-state index >= 15 is 0 Å². The zero-order chi connectivity index (χ0) is 19.5. The van der Waals surface area contributed by atoms with E-state index in [-0.39, 0.29) is 11.8 Å². The Morgan fingerprint density at radius 2 is 1.82 bits per heavy atom. The number of hydrogen-bond donors (Lipinski definition) is 1. The Hall–Kier alpha value is -2.79. The van der Waals surface area contributed by atoms with Crippen molar-refractivity contribution in [3.05, 3.63) is 66.2 Å². The quantitative estimate of drug-likeness (QED) is 0.555. The normalized spacial score (nSPS) is 12.6. The summed E-state index contributed by atoms with van der Waals surface area (Å²) in [5, 5.41) is 5.10. The molecule has 3 aromatic rings. The van der Waals surface area contributed by atoms with Crippen molar-refractivity contribution in [2.75, 3.05) is 22.5 Å². The van der Waals surface area contributed by atoms with Gasteiger partial charge < -0.3 is 10.2 Å².